The molecule has 1 heterocycles. The number of hydrogen-bond acceptors (Lipinski definition) is 2. The van der Waals surface area contributed by atoms with E-state index in [0.29, 0.717) is 18.5 Å². The highest BCUT2D eigenvalue weighted by atomic mass is 19.1. The lowest BCUT2D eigenvalue weighted by Crippen LogP contribution is -2.27. The Morgan fingerprint density at radius 1 is 1.42 bits per heavy atom. The molecule has 0 aliphatic carbocycles. The summed E-state index contributed by atoms with van der Waals surface area (Å²) in [4.78, 5) is 11.9. The largest absolute Gasteiger partial charge is 0.352 e. The molecule has 0 aliphatic heterocycles. The van der Waals surface area contributed by atoms with Crippen molar-refractivity contribution in [2.24, 2.45) is 7.05 Å². The van der Waals surface area contributed by atoms with Gasteiger partial charge in [-0.05, 0) is 24.6 Å². The van der Waals surface area contributed by atoms with Crippen LogP contribution in [0.25, 0.3) is 0 Å². The molecule has 19 heavy (non-hydrogen) atoms. The number of aryl methyl sites for hydroxylation is 2. The smallest absolute Gasteiger partial charge is 0.254 e. The lowest BCUT2D eigenvalue weighted by atomic mass is 10.1. The van der Waals surface area contributed by atoms with Gasteiger partial charge in [0.05, 0.1) is 5.56 Å². The van der Waals surface area contributed by atoms with Crippen molar-refractivity contribution in [1.82, 2.24) is 15.1 Å². The van der Waals surface area contributed by atoms with E-state index in [-0.39, 0.29) is 11.5 Å². The Hall–Kier alpha value is -2.17. The molecule has 0 fully saturated rings. The van der Waals surface area contributed by atoms with Crippen molar-refractivity contribution < 1.29 is 9.18 Å². The van der Waals surface area contributed by atoms with E-state index >= 15 is 0 Å². The summed E-state index contributed by atoms with van der Waals surface area (Å²) in [5.41, 5.74) is 1.58. The minimum absolute atomic E-state index is 0.0880. The second kappa shape index (κ2) is 5.65. The van der Waals surface area contributed by atoms with Crippen molar-refractivity contribution in [1.29, 1.82) is 0 Å². The number of nitrogens with zero attached hydrogens (tertiary/aromatic N) is 2. The zero-order valence-corrected chi connectivity index (χ0v) is 11.0. The van der Waals surface area contributed by atoms with Crippen molar-refractivity contribution >= 4 is 5.91 Å². The number of rotatable bonds is 4. The summed E-state index contributed by atoms with van der Waals surface area (Å²) in [7, 11) is 1.84. The molecule has 100 valence electrons. The molecule has 1 N–H and O–H groups in total. The maximum absolute atomic E-state index is 13.7. The molecule has 2 aromatic rings. The van der Waals surface area contributed by atoms with Crippen LogP contribution in [0.3, 0.4) is 0 Å². The third-order valence-corrected chi connectivity index (χ3v) is 3.03. The van der Waals surface area contributed by atoms with Gasteiger partial charge in [-0.15, -0.1) is 0 Å². The topological polar surface area (TPSA) is 46.9 Å². The van der Waals surface area contributed by atoms with Crippen molar-refractivity contribution in [3.63, 3.8) is 0 Å². The van der Waals surface area contributed by atoms with E-state index in [4.69, 9.17) is 0 Å². The van der Waals surface area contributed by atoms with E-state index in [1.165, 1.54) is 6.07 Å². The van der Waals surface area contributed by atoms with Gasteiger partial charge in [0.25, 0.3) is 5.91 Å². The first-order chi connectivity index (χ1) is 9.09. The Morgan fingerprint density at radius 2 is 2.21 bits per heavy atom. The summed E-state index contributed by atoms with van der Waals surface area (Å²) in [5, 5.41) is 6.75. The van der Waals surface area contributed by atoms with Crippen LogP contribution in [-0.2, 0) is 13.5 Å². The summed E-state index contributed by atoms with van der Waals surface area (Å²) in [6.45, 7) is 2.09. The minimum Gasteiger partial charge on any atom is -0.352 e. The standard InChI is InChI=1S/C14H16FN3O/c1-10-4-3-5-12(13(10)15)14(19)16-8-6-11-7-9-17-18(11)2/h3-5,7,9H,6,8H2,1-2H3,(H,16,19). The van der Waals surface area contributed by atoms with Crippen molar-refractivity contribution in [3.05, 3.63) is 53.1 Å². The molecule has 0 radical (unpaired) electrons. The number of nitrogens with one attached hydrogen (secondary N) is 1. The molecular weight excluding hydrogens is 245 g/mol. The fourth-order valence-corrected chi connectivity index (χ4v) is 1.87. The Morgan fingerprint density at radius 3 is 2.89 bits per heavy atom. The zero-order chi connectivity index (χ0) is 13.8. The van der Waals surface area contributed by atoms with E-state index in [9.17, 15) is 9.18 Å². The van der Waals surface area contributed by atoms with Crippen LogP contribution in [0.4, 0.5) is 4.39 Å². The highest BCUT2D eigenvalue weighted by molar-refractivity contribution is 5.94. The maximum Gasteiger partial charge on any atom is 0.254 e. The molecule has 0 unspecified atom stereocenters. The van der Waals surface area contributed by atoms with Gasteiger partial charge in [-0.25, -0.2) is 4.39 Å². The predicted molar refractivity (Wildman–Crippen MR) is 70.4 cm³/mol. The van der Waals surface area contributed by atoms with E-state index in [1.807, 2.05) is 13.1 Å². The number of halogens is 1. The van der Waals surface area contributed by atoms with Gasteiger partial charge in [0.2, 0.25) is 0 Å². The first-order valence-electron chi connectivity index (χ1n) is 6.10. The number of benzene rings is 1. The second-order valence-corrected chi connectivity index (χ2v) is 4.39. The molecule has 1 amide bonds. The summed E-state index contributed by atoms with van der Waals surface area (Å²) < 4.78 is 15.5. The minimum atomic E-state index is -0.458. The number of carbonyl (C=O) groups excluding carboxylic acids is 1. The van der Waals surface area contributed by atoms with Crippen LogP contribution in [0.2, 0.25) is 0 Å². The molecule has 0 saturated heterocycles. The van der Waals surface area contributed by atoms with Gasteiger partial charge in [-0.3, -0.25) is 9.48 Å². The van der Waals surface area contributed by atoms with Crippen LogP contribution in [0.5, 0.6) is 0 Å². The number of carbonyl (C=O) groups is 1. The Labute approximate surface area is 111 Å². The summed E-state index contributed by atoms with van der Waals surface area (Å²) in [6, 6.07) is 6.69. The average molecular weight is 261 g/mol. The summed E-state index contributed by atoms with van der Waals surface area (Å²) in [5.74, 6) is -0.844. The number of amides is 1. The van der Waals surface area contributed by atoms with Crippen molar-refractivity contribution in [2.75, 3.05) is 6.54 Å². The van der Waals surface area contributed by atoms with Crippen LogP contribution >= 0.6 is 0 Å². The normalized spacial score (nSPS) is 10.5. The Balaban J connectivity index is 1.95. The van der Waals surface area contributed by atoms with Crippen molar-refractivity contribution in [3.8, 4) is 0 Å². The van der Waals surface area contributed by atoms with Crippen LogP contribution in [0.15, 0.2) is 30.5 Å². The van der Waals surface area contributed by atoms with Crippen LogP contribution in [0.1, 0.15) is 21.6 Å². The molecule has 0 atom stereocenters. The number of aromatic nitrogens is 2. The Kier molecular flexibility index (Phi) is 3.94. The molecule has 5 heteroatoms. The van der Waals surface area contributed by atoms with Gasteiger partial charge in [0, 0.05) is 31.9 Å². The molecule has 0 spiro atoms. The summed E-state index contributed by atoms with van der Waals surface area (Å²) in [6.07, 6.45) is 2.37. The molecule has 0 saturated carbocycles. The van der Waals surface area contributed by atoms with Gasteiger partial charge in [-0.1, -0.05) is 12.1 Å². The monoisotopic (exact) mass is 261 g/mol. The third kappa shape index (κ3) is 2.99. The van der Waals surface area contributed by atoms with Crippen LogP contribution in [-0.4, -0.2) is 22.2 Å². The van der Waals surface area contributed by atoms with Gasteiger partial charge >= 0.3 is 0 Å². The lowest BCUT2D eigenvalue weighted by Gasteiger charge is -2.07. The van der Waals surface area contributed by atoms with Gasteiger partial charge in [0.15, 0.2) is 0 Å². The predicted octanol–water partition coefficient (Wildman–Crippen LogP) is 1.84. The third-order valence-electron chi connectivity index (χ3n) is 3.03. The molecule has 0 bridgehead atoms. The molecule has 2 rings (SSSR count). The van der Waals surface area contributed by atoms with Gasteiger partial charge in [0.1, 0.15) is 5.82 Å². The van der Waals surface area contributed by atoms with E-state index in [0.717, 1.165) is 5.69 Å². The molecule has 1 aromatic carbocycles. The van der Waals surface area contributed by atoms with E-state index in [1.54, 1.807) is 29.9 Å². The molecule has 0 aliphatic rings. The second-order valence-electron chi connectivity index (χ2n) is 4.39. The fraction of sp³-hybridized carbons (Fsp3) is 0.286. The lowest BCUT2D eigenvalue weighted by molar-refractivity contribution is 0.0949. The SMILES string of the molecule is Cc1cccc(C(=O)NCCc2ccnn2C)c1F. The van der Waals surface area contributed by atoms with Gasteiger partial charge < -0.3 is 5.32 Å². The summed E-state index contributed by atoms with van der Waals surface area (Å²) >= 11 is 0. The zero-order valence-electron chi connectivity index (χ0n) is 11.0. The molecule has 4 nitrogen and oxygen atoms in total. The molecular formula is C14H16FN3O. The van der Waals surface area contributed by atoms with Crippen LogP contribution < -0.4 is 5.32 Å². The quantitative estimate of drug-likeness (QED) is 0.913. The average Bonchev–Trinajstić information content (AvgIpc) is 2.78. The van der Waals surface area contributed by atoms with Gasteiger partial charge in [-0.2, -0.15) is 5.10 Å². The first kappa shape index (κ1) is 13.3. The van der Waals surface area contributed by atoms with Crippen LogP contribution in [0, 0.1) is 12.7 Å². The highest BCUT2D eigenvalue weighted by Gasteiger charge is 2.12. The van der Waals surface area contributed by atoms with E-state index < -0.39 is 5.82 Å². The highest BCUT2D eigenvalue weighted by Crippen LogP contribution is 2.11. The first-order valence-corrected chi connectivity index (χ1v) is 6.10. The number of hydrogen-bond donors (Lipinski definition) is 1. The van der Waals surface area contributed by atoms with E-state index in [2.05, 4.69) is 10.4 Å². The maximum atomic E-state index is 13.7. The Bertz CT molecular complexity index is 592. The van der Waals surface area contributed by atoms with Crippen molar-refractivity contribution in [2.45, 2.75) is 13.3 Å². The molecule has 1 aromatic heterocycles. The fourth-order valence-electron chi connectivity index (χ4n) is 1.87.